The lowest BCUT2D eigenvalue weighted by Gasteiger charge is -2.10. The molecule has 0 saturated heterocycles. The second-order valence-corrected chi connectivity index (χ2v) is 6.86. The second kappa shape index (κ2) is 9.05. The minimum Gasteiger partial charge on any atom is -0.497 e. The van der Waals surface area contributed by atoms with Gasteiger partial charge in [-0.05, 0) is 83.9 Å². The van der Waals surface area contributed by atoms with Gasteiger partial charge in [0.2, 0.25) is 0 Å². The van der Waals surface area contributed by atoms with Gasteiger partial charge in [0.15, 0.2) is 0 Å². The van der Waals surface area contributed by atoms with E-state index >= 15 is 0 Å². The quantitative estimate of drug-likeness (QED) is 0.358. The number of methoxy groups -OCH3 is 2. The molecule has 0 fully saturated rings. The molecule has 0 atom stereocenters. The van der Waals surface area contributed by atoms with Gasteiger partial charge in [0.25, 0.3) is 0 Å². The monoisotopic (exact) mass is 396 g/mol. The average Bonchev–Trinajstić information content (AvgIpc) is 2.81. The zero-order valence-corrected chi connectivity index (χ0v) is 17.1. The molecule has 0 aliphatic heterocycles. The number of ether oxygens (including phenoxy) is 2. The smallest absolute Gasteiger partial charge is 0.119 e. The molecule has 0 spiro atoms. The average molecular weight is 396 g/mol. The van der Waals surface area contributed by atoms with Crippen molar-refractivity contribution in [2.45, 2.75) is 0 Å². The van der Waals surface area contributed by atoms with Crippen LogP contribution in [0.4, 0.5) is 22.7 Å². The van der Waals surface area contributed by atoms with E-state index < -0.39 is 0 Å². The van der Waals surface area contributed by atoms with Crippen LogP contribution in [0.3, 0.4) is 0 Å². The Bertz CT molecular complexity index is 981. The van der Waals surface area contributed by atoms with Crippen molar-refractivity contribution in [1.82, 2.24) is 0 Å². The van der Waals surface area contributed by atoms with Crippen LogP contribution in [0.5, 0.6) is 11.5 Å². The molecule has 0 unspecified atom stereocenters. The fraction of sp³-hybridized carbons (Fsp3) is 0.0769. The summed E-state index contributed by atoms with van der Waals surface area (Å²) < 4.78 is 10.4. The molecule has 0 aliphatic carbocycles. The van der Waals surface area contributed by atoms with E-state index in [1.54, 1.807) is 14.2 Å². The van der Waals surface area contributed by atoms with Crippen molar-refractivity contribution < 1.29 is 9.47 Å². The molecule has 0 saturated carbocycles. The Morgan fingerprint density at radius 1 is 0.400 bits per heavy atom. The van der Waals surface area contributed by atoms with E-state index in [2.05, 4.69) is 59.2 Å². The molecule has 4 heteroatoms. The molecule has 0 aromatic heterocycles. The second-order valence-electron chi connectivity index (χ2n) is 6.86. The van der Waals surface area contributed by atoms with Crippen LogP contribution < -0.4 is 20.1 Å². The van der Waals surface area contributed by atoms with Crippen molar-refractivity contribution in [2.75, 3.05) is 24.9 Å². The first kappa shape index (κ1) is 19.4. The van der Waals surface area contributed by atoms with E-state index in [4.69, 9.17) is 9.47 Å². The predicted molar refractivity (Wildman–Crippen MR) is 124 cm³/mol. The van der Waals surface area contributed by atoms with E-state index in [-0.39, 0.29) is 0 Å². The zero-order valence-electron chi connectivity index (χ0n) is 17.1. The lowest BCUT2D eigenvalue weighted by atomic mass is 10.0. The third kappa shape index (κ3) is 4.73. The van der Waals surface area contributed by atoms with Gasteiger partial charge in [-0.1, -0.05) is 24.3 Å². The first-order valence-corrected chi connectivity index (χ1v) is 9.76. The Morgan fingerprint density at radius 3 is 0.933 bits per heavy atom. The van der Waals surface area contributed by atoms with Crippen LogP contribution in [0.2, 0.25) is 0 Å². The Hall–Kier alpha value is -3.92. The van der Waals surface area contributed by atoms with E-state index in [9.17, 15) is 0 Å². The summed E-state index contributed by atoms with van der Waals surface area (Å²) in [4.78, 5) is 0. The molecule has 30 heavy (non-hydrogen) atoms. The number of benzene rings is 4. The minimum absolute atomic E-state index is 0.848. The van der Waals surface area contributed by atoms with E-state index in [1.165, 1.54) is 11.1 Å². The summed E-state index contributed by atoms with van der Waals surface area (Å²) in [5, 5.41) is 6.81. The standard InChI is InChI=1S/C26H24N2O2/c1-29-25-15-11-23(12-16-25)27-21-7-3-19(4-8-21)20-5-9-22(10-6-20)28-24-13-17-26(30-2)18-14-24/h3-18,27-28H,1-2H3. The fourth-order valence-corrected chi connectivity index (χ4v) is 3.17. The molecule has 4 aromatic rings. The molecule has 2 N–H and O–H groups in total. The molecule has 0 heterocycles. The van der Waals surface area contributed by atoms with Crippen LogP contribution in [0.25, 0.3) is 11.1 Å². The third-order valence-corrected chi connectivity index (χ3v) is 4.86. The van der Waals surface area contributed by atoms with Crippen molar-refractivity contribution >= 4 is 22.7 Å². The van der Waals surface area contributed by atoms with E-state index in [1.807, 2.05) is 48.5 Å². The van der Waals surface area contributed by atoms with Gasteiger partial charge in [-0.15, -0.1) is 0 Å². The first-order chi connectivity index (χ1) is 14.7. The van der Waals surface area contributed by atoms with Gasteiger partial charge in [-0.3, -0.25) is 0 Å². The number of anilines is 4. The zero-order chi connectivity index (χ0) is 20.8. The largest absolute Gasteiger partial charge is 0.497 e. The van der Waals surface area contributed by atoms with E-state index in [0.29, 0.717) is 0 Å². The molecule has 0 aliphatic rings. The molecule has 0 bridgehead atoms. The molecule has 4 nitrogen and oxygen atoms in total. The SMILES string of the molecule is COc1ccc(Nc2ccc(-c3ccc(Nc4ccc(OC)cc4)cc3)cc2)cc1. The molecular weight excluding hydrogens is 372 g/mol. The summed E-state index contributed by atoms with van der Waals surface area (Å²) in [6, 6.07) is 32.6. The molecule has 0 amide bonds. The van der Waals surface area contributed by atoms with Gasteiger partial charge in [-0.2, -0.15) is 0 Å². The highest BCUT2D eigenvalue weighted by atomic mass is 16.5. The van der Waals surface area contributed by atoms with Gasteiger partial charge >= 0.3 is 0 Å². The van der Waals surface area contributed by atoms with Crippen LogP contribution in [0.15, 0.2) is 97.1 Å². The molecule has 4 rings (SSSR count). The lowest BCUT2D eigenvalue weighted by Crippen LogP contribution is -1.91. The molecule has 4 aromatic carbocycles. The van der Waals surface area contributed by atoms with Crippen molar-refractivity contribution in [2.24, 2.45) is 0 Å². The molecular formula is C26H24N2O2. The van der Waals surface area contributed by atoms with Crippen LogP contribution in [0, 0.1) is 0 Å². The highest BCUT2D eigenvalue weighted by molar-refractivity contribution is 5.71. The summed E-state index contributed by atoms with van der Waals surface area (Å²) in [6.07, 6.45) is 0. The normalized spacial score (nSPS) is 10.3. The first-order valence-electron chi connectivity index (χ1n) is 9.76. The summed E-state index contributed by atoms with van der Waals surface area (Å²) in [6.45, 7) is 0. The van der Waals surface area contributed by atoms with E-state index in [0.717, 1.165) is 34.2 Å². The summed E-state index contributed by atoms with van der Waals surface area (Å²) in [5.41, 5.74) is 6.48. The van der Waals surface area contributed by atoms with Crippen molar-refractivity contribution in [3.63, 3.8) is 0 Å². The summed E-state index contributed by atoms with van der Waals surface area (Å²) >= 11 is 0. The fourth-order valence-electron chi connectivity index (χ4n) is 3.17. The number of hydrogen-bond acceptors (Lipinski definition) is 4. The Morgan fingerprint density at radius 2 is 0.667 bits per heavy atom. The number of rotatable bonds is 7. The van der Waals surface area contributed by atoms with Gasteiger partial charge in [-0.25, -0.2) is 0 Å². The van der Waals surface area contributed by atoms with Crippen LogP contribution in [-0.4, -0.2) is 14.2 Å². The van der Waals surface area contributed by atoms with Gasteiger partial charge in [0, 0.05) is 22.7 Å². The minimum atomic E-state index is 0.848. The highest BCUT2D eigenvalue weighted by Gasteiger charge is 2.01. The van der Waals surface area contributed by atoms with Crippen LogP contribution >= 0.6 is 0 Å². The van der Waals surface area contributed by atoms with Gasteiger partial charge in [0.1, 0.15) is 11.5 Å². The van der Waals surface area contributed by atoms with Crippen molar-refractivity contribution in [3.8, 4) is 22.6 Å². The van der Waals surface area contributed by atoms with Gasteiger partial charge < -0.3 is 20.1 Å². The summed E-state index contributed by atoms with van der Waals surface area (Å²) in [5.74, 6) is 1.70. The number of nitrogens with one attached hydrogen (secondary N) is 2. The maximum atomic E-state index is 5.20. The van der Waals surface area contributed by atoms with Gasteiger partial charge in [0.05, 0.1) is 14.2 Å². The summed E-state index contributed by atoms with van der Waals surface area (Å²) in [7, 11) is 3.34. The van der Waals surface area contributed by atoms with Crippen LogP contribution in [0.1, 0.15) is 0 Å². The van der Waals surface area contributed by atoms with Crippen molar-refractivity contribution in [1.29, 1.82) is 0 Å². The molecule has 150 valence electrons. The Labute approximate surface area is 177 Å². The third-order valence-electron chi connectivity index (χ3n) is 4.86. The number of hydrogen-bond donors (Lipinski definition) is 2. The topological polar surface area (TPSA) is 42.5 Å². The maximum absolute atomic E-state index is 5.20. The Balaban J connectivity index is 1.40. The maximum Gasteiger partial charge on any atom is 0.119 e. The Kier molecular flexibility index (Phi) is 5.85. The lowest BCUT2D eigenvalue weighted by molar-refractivity contribution is 0.415. The highest BCUT2D eigenvalue weighted by Crippen LogP contribution is 2.26. The molecule has 0 radical (unpaired) electrons. The predicted octanol–water partition coefficient (Wildman–Crippen LogP) is 6.86. The van der Waals surface area contributed by atoms with Crippen LogP contribution in [-0.2, 0) is 0 Å². The van der Waals surface area contributed by atoms with Crippen molar-refractivity contribution in [3.05, 3.63) is 97.1 Å².